The molecule has 0 unspecified atom stereocenters. The number of hydrogen-bond donors (Lipinski definition) is 3. The van der Waals surface area contributed by atoms with Gasteiger partial charge >= 0.3 is 0 Å². The summed E-state index contributed by atoms with van der Waals surface area (Å²) < 4.78 is 18.9. The van der Waals surface area contributed by atoms with Gasteiger partial charge in [0.05, 0.1) is 19.3 Å². The second-order valence-electron chi connectivity index (χ2n) is 6.61. The fourth-order valence-corrected chi connectivity index (χ4v) is 3.47. The average Bonchev–Trinajstić information content (AvgIpc) is 2.71. The average molecular weight is 560 g/mol. The van der Waals surface area contributed by atoms with Crippen molar-refractivity contribution in [3.63, 3.8) is 0 Å². The van der Waals surface area contributed by atoms with Crippen LogP contribution in [0.2, 0.25) is 0 Å². The summed E-state index contributed by atoms with van der Waals surface area (Å²) in [4.78, 5) is 16.0. The number of amides is 1. The fourth-order valence-electron chi connectivity index (χ4n) is 2.89. The smallest absolute Gasteiger partial charge is 0.221 e. The lowest BCUT2D eigenvalue weighted by Gasteiger charge is -2.14. The molecule has 1 amide bonds. The van der Waals surface area contributed by atoms with Crippen LogP contribution in [0.4, 0.5) is 10.1 Å². The van der Waals surface area contributed by atoms with E-state index in [1.54, 1.807) is 31.0 Å². The molecule has 31 heavy (non-hydrogen) atoms. The molecule has 0 saturated heterocycles. The van der Waals surface area contributed by atoms with Gasteiger partial charge in [-0.3, -0.25) is 4.79 Å². The number of carbonyl (C=O) groups is 1. The highest BCUT2D eigenvalue weighted by atomic mass is 127. The van der Waals surface area contributed by atoms with Crippen molar-refractivity contribution < 1.29 is 13.9 Å². The van der Waals surface area contributed by atoms with Crippen LogP contribution in [0, 0.1) is 5.82 Å². The number of aliphatic imine (C=N–C) groups is 1. The van der Waals surface area contributed by atoms with Gasteiger partial charge in [-0.2, -0.15) is 11.8 Å². The van der Waals surface area contributed by atoms with Crippen molar-refractivity contribution in [1.82, 2.24) is 10.6 Å². The monoisotopic (exact) mass is 560 g/mol. The van der Waals surface area contributed by atoms with E-state index in [0.717, 1.165) is 22.4 Å². The minimum Gasteiger partial charge on any atom is -0.495 e. The second-order valence-corrected chi connectivity index (χ2v) is 7.48. The van der Waals surface area contributed by atoms with Crippen LogP contribution in [0.5, 0.6) is 5.75 Å². The Bertz CT molecular complexity index is 896. The normalized spacial score (nSPS) is 10.8. The standard InChI is InChI=1S/C22H29FN4O2S.HI/c1-5-24-22(26-13-17-7-8-19(23)11-18(17)14-30-4)25-12-16-6-9-21(29-3)20(10-16)27-15(2)28;/h6-11H,5,12-14H2,1-4H3,(H,27,28)(H2,24,25,26);1H. The van der Waals surface area contributed by atoms with Gasteiger partial charge in [0.1, 0.15) is 11.6 Å². The highest BCUT2D eigenvalue weighted by Gasteiger charge is 2.08. The molecule has 0 aliphatic carbocycles. The number of rotatable bonds is 9. The van der Waals surface area contributed by atoms with E-state index in [2.05, 4.69) is 20.9 Å². The number of anilines is 1. The zero-order valence-electron chi connectivity index (χ0n) is 18.3. The summed E-state index contributed by atoms with van der Waals surface area (Å²) in [6.45, 7) is 5.14. The van der Waals surface area contributed by atoms with Crippen LogP contribution in [0.15, 0.2) is 41.4 Å². The Kier molecular flexibility index (Phi) is 12.3. The first-order valence-electron chi connectivity index (χ1n) is 9.69. The van der Waals surface area contributed by atoms with Gasteiger partial charge in [0.2, 0.25) is 5.91 Å². The van der Waals surface area contributed by atoms with E-state index in [4.69, 9.17) is 4.74 Å². The van der Waals surface area contributed by atoms with Gasteiger partial charge in [-0.05, 0) is 54.1 Å². The minimum atomic E-state index is -0.224. The highest BCUT2D eigenvalue weighted by Crippen LogP contribution is 2.25. The molecular formula is C22H30FIN4O2S. The van der Waals surface area contributed by atoms with Crippen molar-refractivity contribution >= 4 is 53.3 Å². The lowest BCUT2D eigenvalue weighted by Crippen LogP contribution is -2.37. The molecule has 0 aliphatic rings. The molecular weight excluding hydrogens is 530 g/mol. The Hall–Kier alpha value is -2.01. The summed E-state index contributed by atoms with van der Waals surface area (Å²) in [6, 6.07) is 10.4. The molecule has 2 rings (SSSR count). The van der Waals surface area contributed by atoms with Gasteiger partial charge in [0, 0.05) is 25.8 Å². The van der Waals surface area contributed by atoms with Crippen molar-refractivity contribution in [2.24, 2.45) is 4.99 Å². The van der Waals surface area contributed by atoms with Crippen LogP contribution >= 0.6 is 35.7 Å². The topological polar surface area (TPSA) is 74.8 Å². The molecule has 170 valence electrons. The van der Waals surface area contributed by atoms with E-state index >= 15 is 0 Å². The molecule has 0 saturated carbocycles. The maximum Gasteiger partial charge on any atom is 0.221 e. The molecule has 0 aliphatic heterocycles. The molecule has 0 heterocycles. The van der Waals surface area contributed by atoms with Crippen molar-refractivity contribution in [2.75, 3.05) is 25.2 Å². The number of guanidine groups is 1. The summed E-state index contributed by atoms with van der Waals surface area (Å²) >= 11 is 1.66. The number of nitrogens with zero attached hydrogens (tertiary/aromatic N) is 1. The van der Waals surface area contributed by atoms with Gasteiger partial charge < -0.3 is 20.7 Å². The molecule has 2 aromatic rings. The number of carbonyl (C=O) groups excluding carboxylic acids is 1. The molecule has 9 heteroatoms. The van der Waals surface area contributed by atoms with Crippen LogP contribution in [-0.2, 0) is 23.6 Å². The number of ether oxygens (including phenoxy) is 1. The molecule has 6 nitrogen and oxygen atoms in total. The number of thioether (sulfide) groups is 1. The van der Waals surface area contributed by atoms with Crippen molar-refractivity contribution in [1.29, 1.82) is 0 Å². The Labute approximate surface area is 204 Å². The molecule has 0 spiro atoms. The Morgan fingerprint density at radius 2 is 1.94 bits per heavy atom. The zero-order chi connectivity index (χ0) is 21.9. The summed E-state index contributed by atoms with van der Waals surface area (Å²) in [5.74, 6) is 1.62. The molecule has 2 aromatic carbocycles. The molecule has 0 radical (unpaired) electrons. The lowest BCUT2D eigenvalue weighted by atomic mass is 10.1. The van der Waals surface area contributed by atoms with E-state index in [-0.39, 0.29) is 35.7 Å². The first-order chi connectivity index (χ1) is 14.5. The second kappa shape index (κ2) is 14.1. The molecule has 0 bridgehead atoms. The molecule has 0 atom stereocenters. The lowest BCUT2D eigenvalue weighted by molar-refractivity contribution is -0.114. The zero-order valence-corrected chi connectivity index (χ0v) is 21.4. The number of benzene rings is 2. The van der Waals surface area contributed by atoms with Crippen LogP contribution in [-0.4, -0.2) is 31.8 Å². The molecule has 0 aromatic heterocycles. The van der Waals surface area contributed by atoms with Crippen LogP contribution in [0.25, 0.3) is 0 Å². The van der Waals surface area contributed by atoms with E-state index in [9.17, 15) is 9.18 Å². The van der Waals surface area contributed by atoms with Crippen molar-refractivity contribution in [2.45, 2.75) is 32.7 Å². The third-order valence-electron chi connectivity index (χ3n) is 4.25. The Morgan fingerprint density at radius 1 is 1.16 bits per heavy atom. The summed E-state index contributed by atoms with van der Waals surface area (Å²) in [7, 11) is 1.56. The maximum atomic E-state index is 13.6. The number of nitrogens with one attached hydrogen (secondary N) is 3. The third kappa shape index (κ3) is 8.94. The molecule has 0 fully saturated rings. The van der Waals surface area contributed by atoms with Gasteiger partial charge in [0.25, 0.3) is 0 Å². The Balaban J connectivity index is 0.00000480. The maximum absolute atomic E-state index is 13.6. The predicted molar refractivity (Wildman–Crippen MR) is 138 cm³/mol. The first-order valence-corrected chi connectivity index (χ1v) is 11.1. The fraction of sp³-hybridized carbons (Fsp3) is 0.364. The summed E-state index contributed by atoms with van der Waals surface area (Å²) in [5.41, 5.74) is 3.56. The van der Waals surface area contributed by atoms with Gasteiger partial charge in [-0.25, -0.2) is 9.38 Å². The quantitative estimate of drug-likeness (QED) is 0.239. The third-order valence-corrected chi connectivity index (χ3v) is 4.85. The van der Waals surface area contributed by atoms with E-state index in [1.807, 2.05) is 31.4 Å². The number of methoxy groups -OCH3 is 1. The van der Waals surface area contributed by atoms with Gasteiger partial charge in [-0.15, -0.1) is 24.0 Å². The Morgan fingerprint density at radius 3 is 2.58 bits per heavy atom. The van der Waals surface area contributed by atoms with Gasteiger partial charge in [-0.1, -0.05) is 12.1 Å². The van der Waals surface area contributed by atoms with E-state index in [1.165, 1.54) is 13.0 Å². The SMILES string of the molecule is CCNC(=NCc1ccc(OC)c(NC(C)=O)c1)NCc1ccc(F)cc1CSC.I. The van der Waals surface area contributed by atoms with Crippen LogP contribution in [0.3, 0.4) is 0 Å². The van der Waals surface area contributed by atoms with Crippen LogP contribution in [0.1, 0.15) is 30.5 Å². The number of halogens is 2. The van der Waals surface area contributed by atoms with Crippen molar-refractivity contribution in [3.8, 4) is 5.75 Å². The van der Waals surface area contributed by atoms with E-state index < -0.39 is 0 Å². The first kappa shape index (κ1) is 27.0. The summed E-state index contributed by atoms with van der Waals surface area (Å²) in [6.07, 6.45) is 2.00. The van der Waals surface area contributed by atoms with E-state index in [0.29, 0.717) is 37.0 Å². The number of hydrogen-bond acceptors (Lipinski definition) is 4. The minimum absolute atomic E-state index is 0. The van der Waals surface area contributed by atoms with Gasteiger partial charge in [0.15, 0.2) is 5.96 Å². The van der Waals surface area contributed by atoms with Crippen molar-refractivity contribution in [3.05, 3.63) is 58.9 Å². The van der Waals surface area contributed by atoms with Crippen LogP contribution < -0.4 is 20.7 Å². The molecule has 3 N–H and O–H groups in total. The highest BCUT2D eigenvalue weighted by molar-refractivity contribution is 14.0. The predicted octanol–water partition coefficient (Wildman–Crippen LogP) is 4.53. The largest absolute Gasteiger partial charge is 0.495 e. The summed E-state index contributed by atoms with van der Waals surface area (Å²) in [5, 5.41) is 9.30.